The minimum absolute atomic E-state index is 0.177. The first-order valence-corrected chi connectivity index (χ1v) is 6.37. The number of nitrogens with zero attached hydrogens (tertiary/aromatic N) is 2. The van der Waals surface area contributed by atoms with E-state index in [-0.39, 0.29) is 6.61 Å². The standard InChI is InChI=1S/C12H20N2OS/c1-4-5-14(6-7-15)9-12-13-8-11(16-12)10(2)3/h4,8,10,15H,1,5-7,9H2,2-3H3. The van der Waals surface area contributed by atoms with Crippen molar-refractivity contribution in [3.63, 3.8) is 0 Å². The maximum absolute atomic E-state index is 8.94. The monoisotopic (exact) mass is 240 g/mol. The van der Waals surface area contributed by atoms with Crippen molar-refractivity contribution in [3.05, 3.63) is 28.7 Å². The summed E-state index contributed by atoms with van der Waals surface area (Å²) < 4.78 is 0. The molecule has 0 saturated heterocycles. The Morgan fingerprint density at radius 1 is 1.62 bits per heavy atom. The fourth-order valence-corrected chi connectivity index (χ4v) is 2.38. The first-order chi connectivity index (χ1) is 7.67. The molecule has 1 aromatic rings. The van der Waals surface area contributed by atoms with Gasteiger partial charge < -0.3 is 5.11 Å². The van der Waals surface area contributed by atoms with E-state index in [2.05, 4.69) is 30.3 Å². The van der Waals surface area contributed by atoms with Crippen LogP contribution in [-0.2, 0) is 6.54 Å². The van der Waals surface area contributed by atoms with Gasteiger partial charge in [0.1, 0.15) is 5.01 Å². The Balaban J connectivity index is 2.58. The minimum atomic E-state index is 0.177. The van der Waals surface area contributed by atoms with Gasteiger partial charge in [0.25, 0.3) is 0 Å². The van der Waals surface area contributed by atoms with Crippen molar-refractivity contribution >= 4 is 11.3 Å². The number of aliphatic hydroxyl groups is 1. The summed E-state index contributed by atoms with van der Waals surface area (Å²) in [7, 11) is 0. The largest absolute Gasteiger partial charge is 0.395 e. The Morgan fingerprint density at radius 3 is 2.88 bits per heavy atom. The van der Waals surface area contributed by atoms with Crippen LogP contribution in [0.2, 0.25) is 0 Å². The molecule has 1 rings (SSSR count). The van der Waals surface area contributed by atoms with Gasteiger partial charge >= 0.3 is 0 Å². The first-order valence-electron chi connectivity index (χ1n) is 5.56. The second-order valence-corrected chi connectivity index (χ2v) is 5.21. The van der Waals surface area contributed by atoms with E-state index in [1.165, 1.54) is 4.88 Å². The fraction of sp³-hybridized carbons (Fsp3) is 0.583. The van der Waals surface area contributed by atoms with Gasteiger partial charge in [-0.15, -0.1) is 17.9 Å². The molecular formula is C12H20N2OS. The van der Waals surface area contributed by atoms with Gasteiger partial charge in [-0.1, -0.05) is 19.9 Å². The minimum Gasteiger partial charge on any atom is -0.395 e. The Morgan fingerprint density at radius 2 is 2.38 bits per heavy atom. The van der Waals surface area contributed by atoms with E-state index >= 15 is 0 Å². The molecule has 1 aromatic heterocycles. The highest BCUT2D eigenvalue weighted by Crippen LogP contribution is 2.22. The van der Waals surface area contributed by atoms with E-state index in [0.29, 0.717) is 12.5 Å². The van der Waals surface area contributed by atoms with Crippen LogP contribution in [0.4, 0.5) is 0 Å². The number of hydrogen-bond acceptors (Lipinski definition) is 4. The topological polar surface area (TPSA) is 36.4 Å². The molecule has 0 saturated carbocycles. The molecule has 4 heteroatoms. The zero-order chi connectivity index (χ0) is 12.0. The first kappa shape index (κ1) is 13.4. The second kappa shape index (κ2) is 6.78. The molecule has 3 nitrogen and oxygen atoms in total. The average molecular weight is 240 g/mol. The molecule has 0 aliphatic heterocycles. The van der Waals surface area contributed by atoms with Crippen LogP contribution in [0.25, 0.3) is 0 Å². The SMILES string of the molecule is C=CCN(CCO)Cc1ncc(C(C)C)s1. The van der Waals surface area contributed by atoms with Gasteiger partial charge in [0.05, 0.1) is 13.2 Å². The molecule has 0 atom stereocenters. The summed E-state index contributed by atoms with van der Waals surface area (Å²) >= 11 is 1.75. The lowest BCUT2D eigenvalue weighted by atomic mass is 10.2. The van der Waals surface area contributed by atoms with E-state index in [0.717, 1.165) is 18.1 Å². The normalized spacial score (nSPS) is 11.3. The molecule has 0 unspecified atom stereocenters. The van der Waals surface area contributed by atoms with Gasteiger partial charge in [0.15, 0.2) is 0 Å². The van der Waals surface area contributed by atoms with E-state index in [1.807, 2.05) is 12.3 Å². The van der Waals surface area contributed by atoms with Gasteiger partial charge in [0.2, 0.25) is 0 Å². The zero-order valence-electron chi connectivity index (χ0n) is 10.0. The van der Waals surface area contributed by atoms with Crippen molar-refractivity contribution in [2.45, 2.75) is 26.3 Å². The van der Waals surface area contributed by atoms with Gasteiger partial charge in [-0.25, -0.2) is 4.98 Å². The fourth-order valence-electron chi connectivity index (χ4n) is 1.41. The van der Waals surface area contributed by atoms with Crippen LogP contribution in [0.3, 0.4) is 0 Å². The van der Waals surface area contributed by atoms with Crippen LogP contribution in [-0.4, -0.2) is 34.7 Å². The highest BCUT2D eigenvalue weighted by Gasteiger charge is 2.09. The Bertz CT molecular complexity index is 323. The molecule has 0 amide bonds. The van der Waals surface area contributed by atoms with Gasteiger partial charge in [-0.2, -0.15) is 0 Å². The molecule has 0 radical (unpaired) electrons. The van der Waals surface area contributed by atoms with Crippen molar-refractivity contribution in [1.82, 2.24) is 9.88 Å². The summed E-state index contributed by atoms with van der Waals surface area (Å²) in [5.41, 5.74) is 0. The number of aliphatic hydroxyl groups excluding tert-OH is 1. The molecule has 1 N–H and O–H groups in total. The molecule has 1 heterocycles. The predicted octanol–water partition coefficient (Wildman–Crippen LogP) is 2.25. The summed E-state index contributed by atoms with van der Waals surface area (Å²) in [4.78, 5) is 7.85. The van der Waals surface area contributed by atoms with Crippen LogP contribution in [0.1, 0.15) is 29.7 Å². The Hall–Kier alpha value is -0.710. The molecule has 0 spiro atoms. The van der Waals surface area contributed by atoms with E-state index in [9.17, 15) is 0 Å². The molecule has 0 aliphatic carbocycles. The van der Waals surface area contributed by atoms with Crippen molar-refractivity contribution in [2.24, 2.45) is 0 Å². The lowest BCUT2D eigenvalue weighted by Gasteiger charge is -2.17. The number of aromatic nitrogens is 1. The molecule has 90 valence electrons. The van der Waals surface area contributed by atoms with Crippen molar-refractivity contribution in [2.75, 3.05) is 19.7 Å². The van der Waals surface area contributed by atoms with Gasteiger partial charge in [-0.3, -0.25) is 4.90 Å². The predicted molar refractivity (Wildman–Crippen MR) is 68.8 cm³/mol. The van der Waals surface area contributed by atoms with Crippen molar-refractivity contribution in [3.8, 4) is 0 Å². The highest BCUT2D eigenvalue weighted by atomic mass is 32.1. The number of thiazole rings is 1. The number of hydrogen-bond donors (Lipinski definition) is 1. The van der Waals surface area contributed by atoms with Crippen LogP contribution < -0.4 is 0 Å². The third kappa shape index (κ3) is 4.04. The summed E-state index contributed by atoms with van der Waals surface area (Å²) in [6, 6.07) is 0. The zero-order valence-corrected chi connectivity index (χ0v) is 10.8. The average Bonchev–Trinajstić information content (AvgIpc) is 2.67. The molecule has 0 bridgehead atoms. The van der Waals surface area contributed by atoms with Crippen molar-refractivity contribution in [1.29, 1.82) is 0 Å². The van der Waals surface area contributed by atoms with Crippen LogP contribution >= 0.6 is 11.3 Å². The Labute approximate surface area is 101 Å². The van der Waals surface area contributed by atoms with E-state index < -0.39 is 0 Å². The maximum Gasteiger partial charge on any atom is 0.107 e. The Kier molecular flexibility index (Phi) is 5.66. The van der Waals surface area contributed by atoms with Gasteiger partial charge in [-0.05, 0) is 5.92 Å². The molecular weight excluding hydrogens is 220 g/mol. The summed E-state index contributed by atoms with van der Waals surface area (Å²) in [5.74, 6) is 0.539. The summed E-state index contributed by atoms with van der Waals surface area (Å²) in [6.07, 6.45) is 3.81. The third-order valence-corrected chi connectivity index (χ3v) is 3.59. The molecule has 0 aliphatic rings. The second-order valence-electron chi connectivity index (χ2n) is 4.06. The smallest absolute Gasteiger partial charge is 0.107 e. The van der Waals surface area contributed by atoms with Crippen molar-refractivity contribution < 1.29 is 5.11 Å². The third-order valence-electron chi connectivity index (χ3n) is 2.30. The number of rotatable bonds is 7. The van der Waals surface area contributed by atoms with Crippen LogP contribution in [0, 0.1) is 0 Å². The molecule has 0 aromatic carbocycles. The van der Waals surface area contributed by atoms with Crippen LogP contribution in [0.15, 0.2) is 18.9 Å². The van der Waals surface area contributed by atoms with Crippen LogP contribution in [0.5, 0.6) is 0 Å². The highest BCUT2D eigenvalue weighted by molar-refractivity contribution is 7.11. The van der Waals surface area contributed by atoms with E-state index in [1.54, 1.807) is 11.3 Å². The lowest BCUT2D eigenvalue weighted by molar-refractivity contribution is 0.203. The summed E-state index contributed by atoms with van der Waals surface area (Å²) in [5, 5.41) is 10.1. The summed E-state index contributed by atoms with van der Waals surface area (Å²) in [6.45, 7) is 10.5. The molecule has 0 fully saturated rings. The lowest BCUT2D eigenvalue weighted by Crippen LogP contribution is -2.26. The van der Waals surface area contributed by atoms with Gasteiger partial charge in [0, 0.05) is 24.2 Å². The molecule has 16 heavy (non-hydrogen) atoms. The van der Waals surface area contributed by atoms with E-state index in [4.69, 9.17) is 5.11 Å². The quantitative estimate of drug-likeness (QED) is 0.743. The maximum atomic E-state index is 8.94.